The number of aryl methyl sites for hydroxylation is 1. The molecule has 1 aromatic heterocycles. The van der Waals surface area contributed by atoms with Crippen LogP contribution in [0.2, 0.25) is 5.02 Å². The van der Waals surface area contributed by atoms with Crippen molar-refractivity contribution in [2.45, 2.75) is 24.0 Å². The highest BCUT2D eigenvalue weighted by Crippen LogP contribution is 2.25. The van der Waals surface area contributed by atoms with E-state index in [4.69, 9.17) is 11.6 Å². The molecule has 0 atom stereocenters. The number of halogens is 1. The van der Waals surface area contributed by atoms with Gasteiger partial charge in [0.25, 0.3) is 5.91 Å². The van der Waals surface area contributed by atoms with E-state index < -0.39 is 0 Å². The van der Waals surface area contributed by atoms with Gasteiger partial charge in [-0.1, -0.05) is 48.9 Å². The van der Waals surface area contributed by atoms with Crippen LogP contribution in [-0.2, 0) is 7.05 Å². The summed E-state index contributed by atoms with van der Waals surface area (Å²) in [5.41, 5.74) is 1.50. The minimum Gasteiger partial charge on any atom is -0.318 e. The Kier molecular flexibility index (Phi) is 5.13. The van der Waals surface area contributed by atoms with Crippen LogP contribution in [0.1, 0.15) is 24.2 Å². The molecule has 0 saturated carbocycles. The molecule has 124 valence electrons. The average Bonchev–Trinajstić information content (AvgIpc) is 2.84. The molecule has 0 saturated heterocycles. The van der Waals surface area contributed by atoms with Crippen molar-refractivity contribution < 1.29 is 4.79 Å². The molecule has 0 aliphatic rings. The van der Waals surface area contributed by atoms with Crippen molar-refractivity contribution in [2.75, 3.05) is 0 Å². The predicted molar refractivity (Wildman–Crippen MR) is 103 cm³/mol. The van der Waals surface area contributed by atoms with Gasteiger partial charge in [-0.15, -0.1) is 11.8 Å². The lowest BCUT2D eigenvalue weighted by atomic mass is 10.2. The van der Waals surface area contributed by atoms with E-state index in [0.29, 0.717) is 20.6 Å². The van der Waals surface area contributed by atoms with Crippen LogP contribution >= 0.6 is 34.7 Å². The molecule has 0 unspecified atom stereocenters. The first kappa shape index (κ1) is 17.3. The quantitative estimate of drug-likeness (QED) is 0.593. The summed E-state index contributed by atoms with van der Waals surface area (Å²) in [7, 11) is 1.88. The van der Waals surface area contributed by atoms with Gasteiger partial charge < -0.3 is 4.57 Å². The molecule has 6 heteroatoms. The normalized spacial score (nSPS) is 12.3. The minimum atomic E-state index is -0.237. The fraction of sp³-hybridized carbons (Fsp3) is 0.222. The molecule has 3 aromatic rings. The minimum absolute atomic E-state index is 0.237. The van der Waals surface area contributed by atoms with E-state index in [9.17, 15) is 4.79 Å². The summed E-state index contributed by atoms with van der Waals surface area (Å²) in [6.45, 7) is 4.26. The van der Waals surface area contributed by atoms with Gasteiger partial charge in [0.05, 0.1) is 15.2 Å². The number of benzene rings is 2. The molecule has 0 radical (unpaired) electrons. The van der Waals surface area contributed by atoms with E-state index in [0.717, 1.165) is 15.1 Å². The smallest absolute Gasteiger partial charge is 0.279 e. The Morgan fingerprint density at radius 2 is 2.00 bits per heavy atom. The lowest BCUT2D eigenvalue weighted by molar-refractivity contribution is 0.0997. The number of carbonyl (C=O) groups excluding carboxylic acids is 1. The van der Waals surface area contributed by atoms with Crippen LogP contribution < -0.4 is 4.80 Å². The van der Waals surface area contributed by atoms with Crippen molar-refractivity contribution in [1.29, 1.82) is 0 Å². The van der Waals surface area contributed by atoms with E-state index in [2.05, 4.69) is 18.8 Å². The number of thioether (sulfide) groups is 1. The highest BCUT2D eigenvalue weighted by Gasteiger charge is 2.10. The van der Waals surface area contributed by atoms with Crippen LogP contribution in [0.5, 0.6) is 0 Å². The summed E-state index contributed by atoms with van der Waals surface area (Å²) in [4.78, 5) is 18.6. The highest BCUT2D eigenvalue weighted by atomic mass is 35.5. The Labute approximate surface area is 154 Å². The third kappa shape index (κ3) is 3.58. The number of rotatable bonds is 3. The van der Waals surface area contributed by atoms with Gasteiger partial charge in [-0.05, 0) is 30.3 Å². The maximum absolute atomic E-state index is 12.6. The summed E-state index contributed by atoms with van der Waals surface area (Å²) in [6.07, 6.45) is 0. The summed E-state index contributed by atoms with van der Waals surface area (Å²) >= 11 is 9.45. The van der Waals surface area contributed by atoms with Gasteiger partial charge in [-0.2, -0.15) is 4.99 Å². The van der Waals surface area contributed by atoms with Crippen molar-refractivity contribution in [3.63, 3.8) is 0 Å². The number of amides is 1. The number of carbonyl (C=O) groups is 1. The summed E-state index contributed by atoms with van der Waals surface area (Å²) < 4.78 is 2.88. The molecule has 0 spiro atoms. The number of aromatic nitrogens is 1. The van der Waals surface area contributed by atoms with Gasteiger partial charge in [0, 0.05) is 22.8 Å². The van der Waals surface area contributed by atoms with Gasteiger partial charge in [0.15, 0.2) is 4.80 Å². The lowest BCUT2D eigenvalue weighted by Crippen LogP contribution is -2.13. The maximum Gasteiger partial charge on any atom is 0.279 e. The van der Waals surface area contributed by atoms with Crippen molar-refractivity contribution in [3.8, 4) is 0 Å². The number of fused-ring (bicyclic) bond motifs is 1. The summed E-state index contributed by atoms with van der Waals surface area (Å²) in [5.74, 6) is -0.237. The predicted octanol–water partition coefficient (Wildman–Crippen LogP) is 5.13. The van der Waals surface area contributed by atoms with E-state index in [1.165, 1.54) is 11.3 Å². The molecule has 0 bridgehead atoms. The number of hydrogen-bond acceptors (Lipinski definition) is 3. The zero-order valence-electron chi connectivity index (χ0n) is 13.6. The molecule has 24 heavy (non-hydrogen) atoms. The number of hydrogen-bond donors (Lipinski definition) is 0. The molecule has 0 N–H and O–H groups in total. The van der Waals surface area contributed by atoms with Crippen LogP contribution in [0.3, 0.4) is 0 Å². The van der Waals surface area contributed by atoms with Gasteiger partial charge >= 0.3 is 0 Å². The van der Waals surface area contributed by atoms with Crippen LogP contribution in [0.15, 0.2) is 52.4 Å². The first-order valence-electron chi connectivity index (χ1n) is 7.55. The Balaban J connectivity index is 2.01. The summed E-state index contributed by atoms with van der Waals surface area (Å²) in [5, 5.41) is 1.13. The van der Waals surface area contributed by atoms with E-state index in [1.807, 2.05) is 48.0 Å². The fourth-order valence-electron chi connectivity index (χ4n) is 2.39. The average molecular weight is 377 g/mol. The van der Waals surface area contributed by atoms with Gasteiger partial charge in [-0.25, -0.2) is 0 Å². The van der Waals surface area contributed by atoms with Crippen molar-refractivity contribution in [2.24, 2.45) is 12.0 Å². The Morgan fingerprint density at radius 1 is 1.25 bits per heavy atom. The molecule has 0 aliphatic carbocycles. The van der Waals surface area contributed by atoms with Gasteiger partial charge in [-0.3, -0.25) is 4.79 Å². The van der Waals surface area contributed by atoms with Crippen molar-refractivity contribution in [3.05, 3.63) is 57.9 Å². The van der Waals surface area contributed by atoms with Crippen LogP contribution in [0, 0.1) is 0 Å². The Hall–Kier alpha value is -1.56. The van der Waals surface area contributed by atoms with E-state index in [1.54, 1.807) is 17.8 Å². The zero-order chi connectivity index (χ0) is 17.3. The molecular weight excluding hydrogens is 360 g/mol. The lowest BCUT2D eigenvalue weighted by Gasteiger charge is -2.05. The monoisotopic (exact) mass is 376 g/mol. The second-order valence-electron chi connectivity index (χ2n) is 5.64. The Morgan fingerprint density at radius 3 is 2.71 bits per heavy atom. The number of thiazole rings is 1. The zero-order valence-corrected chi connectivity index (χ0v) is 16.0. The third-order valence-electron chi connectivity index (χ3n) is 3.42. The number of nitrogens with zero attached hydrogens (tertiary/aromatic N) is 2. The molecule has 0 aliphatic heterocycles. The van der Waals surface area contributed by atoms with Crippen LogP contribution in [0.25, 0.3) is 10.2 Å². The summed E-state index contributed by atoms with van der Waals surface area (Å²) in [6, 6.07) is 13.3. The SMILES string of the molecule is CC(C)Sc1cccc(C(=O)N=c2sc3cccc(Cl)c3n2C)c1. The maximum atomic E-state index is 12.6. The largest absolute Gasteiger partial charge is 0.318 e. The van der Waals surface area contributed by atoms with Gasteiger partial charge in [0.1, 0.15) is 0 Å². The highest BCUT2D eigenvalue weighted by molar-refractivity contribution is 7.99. The molecule has 3 nitrogen and oxygen atoms in total. The third-order valence-corrected chi connectivity index (χ3v) is 5.82. The molecule has 1 amide bonds. The fourth-order valence-corrected chi connectivity index (χ4v) is 4.69. The van der Waals surface area contributed by atoms with Crippen molar-refractivity contribution in [1.82, 2.24) is 4.57 Å². The standard InChI is InChI=1S/C18H17ClN2OS2/c1-11(2)23-13-7-4-6-12(10-13)17(22)20-18-21(3)16-14(19)8-5-9-15(16)24-18/h4-11H,1-3H3. The number of para-hydroxylation sites is 1. The molecular formula is C18H17ClN2OS2. The van der Waals surface area contributed by atoms with Gasteiger partial charge in [0.2, 0.25) is 0 Å². The first-order valence-corrected chi connectivity index (χ1v) is 9.63. The second kappa shape index (κ2) is 7.13. The topological polar surface area (TPSA) is 34.4 Å². The Bertz CT molecular complexity index is 973. The van der Waals surface area contributed by atoms with Crippen LogP contribution in [0.4, 0.5) is 0 Å². The second-order valence-corrected chi connectivity index (χ2v) is 8.71. The molecule has 3 rings (SSSR count). The first-order chi connectivity index (χ1) is 11.5. The van der Waals surface area contributed by atoms with Crippen LogP contribution in [-0.4, -0.2) is 15.7 Å². The van der Waals surface area contributed by atoms with E-state index >= 15 is 0 Å². The van der Waals surface area contributed by atoms with Crippen molar-refractivity contribution >= 4 is 50.8 Å². The molecule has 2 aromatic carbocycles. The van der Waals surface area contributed by atoms with E-state index in [-0.39, 0.29) is 5.91 Å². The molecule has 1 heterocycles. The molecule has 0 fully saturated rings.